The van der Waals surface area contributed by atoms with E-state index in [1.807, 2.05) is 31.2 Å². The van der Waals surface area contributed by atoms with Crippen molar-refractivity contribution in [3.8, 4) is 5.75 Å². The number of aliphatic hydroxyl groups is 1. The second-order valence-electron chi connectivity index (χ2n) is 4.45. The van der Waals surface area contributed by atoms with Crippen molar-refractivity contribution < 1.29 is 14.6 Å². The highest BCUT2D eigenvalue weighted by Gasteiger charge is 2.08. The summed E-state index contributed by atoms with van der Waals surface area (Å²) in [6.45, 7) is 2.62. The lowest BCUT2D eigenvalue weighted by molar-refractivity contribution is -0.122. The van der Waals surface area contributed by atoms with Crippen molar-refractivity contribution >= 4 is 5.91 Å². The number of carbonyl (C=O) groups is 1. The van der Waals surface area contributed by atoms with Gasteiger partial charge < -0.3 is 15.2 Å². The third-order valence-corrected chi connectivity index (χ3v) is 2.80. The van der Waals surface area contributed by atoms with Crippen LogP contribution in [0, 0.1) is 5.92 Å². The monoisotopic (exact) mass is 251 g/mol. The largest absolute Gasteiger partial charge is 0.497 e. The SMILES string of the molecule is COc1ccc(CNC(=O)C[C@@H](C)CCO)cc1. The molecule has 1 aromatic rings. The summed E-state index contributed by atoms with van der Waals surface area (Å²) in [5.74, 6) is 1.04. The van der Waals surface area contributed by atoms with E-state index in [0.29, 0.717) is 19.4 Å². The molecule has 0 aromatic heterocycles. The van der Waals surface area contributed by atoms with Crippen molar-refractivity contribution in [2.24, 2.45) is 5.92 Å². The van der Waals surface area contributed by atoms with Crippen LogP contribution in [0.15, 0.2) is 24.3 Å². The van der Waals surface area contributed by atoms with Crippen molar-refractivity contribution in [2.45, 2.75) is 26.3 Å². The van der Waals surface area contributed by atoms with Gasteiger partial charge in [-0.3, -0.25) is 4.79 Å². The fourth-order valence-corrected chi connectivity index (χ4v) is 1.66. The van der Waals surface area contributed by atoms with E-state index in [2.05, 4.69) is 5.32 Å². The average molecular weight is 251 g/mol. The molecule has 2 N–H and O–H groups in total. The molecule has 0 heterocycles. The highest BCUT2D eigenvalue weighted by atomic mass is 16.5. The van der Waals surface area contributed by atoms with Crippen LogP contribution < -0.4 is 10.1 Å². The normalized spacial score (nSPS) is 11.9. The number of methoxy groups -OCH3 is 1. The molecule has 0 radical (unpaired) electrons. The van der Waals surface area contributed by atoms with Crippen molar-refractivity contribution in [3.63, 3.8) is 0 Å². The Balaban J connectivity index is 2.33. The van der Waals surface area contributed by atoms with Crippen LogP contribution in [0.4, 0.5) is 0 Å². The molecule has 0 aliphatic heterocycles. The Morgan fingerprint density at radius 1 is 1.39 bits per heavy atom. The van der Waals surface area contributed by atoms with E-state index in [4.69, 9.17) is 9.84 Å². The Hall–Kier alpha value is -1.55. The number of aliphatic hydroxyl groups excluding tert-OH is 1. The lowest BCUT2D eigenvalue weighted by Crippen LogP contribution is -2.24. The van der Waals surface area contributed by atoms with Gasteiger partial charge in [-0.2, -0.15) is 0 Å². The molecule has 1 rings (SSSR count). The van der Waals surface area contributed by atoms with Crippen LogP contribution in [-0.4, -0.2) is 24.7 Å². The van der Waals surface area contributed by atoms with Crippen LogP contribution in [-0.2, 0) is 11.3 Å². The highest BCUT2D eigenvalue weighted by Crippen LogP contribution is 2.11. The van der Waals surface area contributed by atoms with Crippen LogP contribution in [0.3, 0.4) is 0 Å². The number of benzene rings is 1. The summed E-state index contributed by atoms with van der Waals surface area (Å²) >= 11 is 0. The first-order chi connectivity index (χ1) is 8.65. The second-order valence-corrected chi connectivity index (χ2v) is 4.45. The Kier molecular flexibility index (Phi) is 6.22. The Morgan fingerprint density at radius 3 is 2.61 bits per heavy atom. The maximum atomic E-state index is 11.6. The molecule has 4 nitrogen and oxygen atoms in total. The maximum Gasteiger partial charge on any atom is 0.220 e. The Bertz CT molecular complexity index is 362. The molecular formula is C14H21NO3. The zero-order valence-corrected chi connectivity index (χ0v) is 11.0. The summed E-state index contributed by atoms with van der Waals surface area (Å²) in [4.78, 5) is 11.6. The molecule has 0 fully saturated rings. The summed E-state index contributed by atoms with van der Waals surface area (Å²) < 4.78 is 5.06. The van der Waals surface area contributed by atoms with Crippen molar-refractivity contribution in [3.05, 3.63) is 29.8 Å². The standard InChI is InChI=1S/C14H21NO3/c1-11(7-8-16)9-14(17)15-10-12-3-5-13(18-2)6-4-12/h3-6,11,16H,7-10H2,1-2H3,(H,15,17)/t11-/m0/s1. The summed E-state index contributed by atoms with van der Waals surface area (Å²) in [6, 6.07) is 7.60. The molecule has 100 valence electrons. The van der Waals surface area contributed by atoms with Gasteiger partial charge in [-0.05, 0) is 30.0 Å². The first kappa shape index (κ1) is 14.5. The minimum atomic E-state index is 0.0202. The molecule has 0 bridgehead atoms. The topological polar surface area (TPSA) is 58.6 Å². The molecule has 18 heavy (non-hydrogen) atoms. The molecule has 1 aromatic carbocycles. The number of amides is 1. The zero-order valence-electron chi connectivity index (χ0n) is 11.0. The number of nitrogens with one attached hydrogen (secondary N) is 1. The molecule has 0 spiro atoms. The summed E-state index contributed by atoms with van der Waals surface area (Å²) in [5.41, 5.74) is 1.04. The van der Waals surface area contributed by atoms with Crippen LogP contribution in [0.25, 0.3) is 0 Å². The third-order valence-electron chi connectivity index (χ3n) is 2.80. The predicted octanol–water partition coefficient (Wildman–Crippen LogP) is 1.72. The number of ether oxygens (including phenoxy) is 1. The van der Waals surface area contributed by atoms with Crippen LogP contribution in [0.1, 0.15) is 25.3 Å². The van der Waals surface area contributed by atoms with Gasteiger partial charge in [0.15, 0.2) is 0 Å². The van der Waals surface area contributed by atoms with Gasteiger partial charge >= 0.3 is 0 Å². The smallest absolute Gasteiger partial charge is 0.220 e. The fourth-order valence-electron chi connectivity index (χ4n) is 1.66. The molecule has 0 saturated carbocycles. The Labute approximate surface area is 108 Å². The van der Waals surface area contributed by atoms with Crippen LogP contribution in [0.2, 0.25) is 0 Å². The predicted molar refractivity (Wildman–Crippen MR) is 70.3 cm³/mol. The lowest BCUT2D eigenvalue weighted by atomic mass is 10.0. The summed E-state index contributed by atoms with van der Waals surface area (Å²) in [5, 5.41) is 11.6. The summed E-state index contributed by atoms with van der Waals surface area (Å²) in [6.07, 6.45) is 1.12. The average Bonchev–Trinajstić information content (AvgIpc) is 2.37. The van der Waals surface area contributed by atoms with Gasteiger partial charge in [0.25, 0.3) is 0 Å². The van der Waals surface area contributed by atoms with Gasteiger partial charge in [0.1, 0.15) is 5.75 Å². The molecule has 0 unspecified atom stereocenters. The number of rotatable bonds is 7. The maximum absolute atomic E-state index is 11.6. The quantitative estimate of drug-likeness (QED) is 0.775. The van der Waals surface area contributed by atoms with Crippen LogP contribution >= 0.6 is 0 Å². The van der Waals surface area contributed by atoms with Gasteiger partial charge in [-0.15, -0.1) is 0 Å². The van der Waals surface area contributed by atoms with E-state index in [1.165, 1.54) is 0 Å². The number of hydrogen-bond donors (Lipinski definition) is 2. The van der Waals surface area contributed by atoms with Crippen molar-refractivity contribution in [1.29, 1.82) is 0 Å². The number of hydrogen-bond acceptors (Lipinski definition) is 3. The van der Waals surface area contributed by atoms with E-state index in [-0.39, 0.29) is 18.4 Å². The first-order valence-electron chi connectivity index (χ1n) is 6.16. The minimum absolute atomic E-state index is 0.0202. The van der Waals surface area contributed by atoms with E-state index < -0.39 is 0 Å². The third kappa shape index (κ3) is 5.19. The van der Waals surface area contributed by atoms with Crippen molar-refractivity contribution in [2.75, 3.05) is 13.7 Å². The Morgan fingerprint density at radius 2 is 2.06 bits per heavy atom. The van der Waals surface area contributed by atoms with Crippen LogP contribution in [0.5, 0.6) is 5.75 Å². The molecule has 4 heteroatoms. The van der Waals surface area contributed by atoms with E-state index in [0.717, 1.165) is 11.3 Å². The molecule has 0 aliphatic carbocycles. The van der Waals surface area contributed by atoms with E-state index >= 15 is 0 Å². The fraction of sp³-hybridized carbons (Fsp3) is 0.500. The van der Waals surface area contributed by atoms with Gasteiger partial charge in [0.05, 0.1) is 7.11 Å². The molecule has 1 atom stereocenters. The van der Waals surface area contributed by atoms with E-state index in [9.17, 15) is 4.79 Å². The zero-order chi connectivity index (χ0) is 13.4. The minimum Gasteiger partial charge on any atom is -0.497 e. The van der Waals surface area contributed by atoms with Gasteiger partial charge in [-0.1, -0.05) is 19.1 Å². The van der Waals surface area contributed by atoms with Crippen molar-refractivity contribution in [1.82, 2.24) is 5.32 Å². The molecule has 1 amide bonds. The molecule has 0 saturated heterocycles. The summed E-state index contributed by atoms with van der Waals surface area (Å²) in [7, 11) is 1.62. The second kappa shape index (κ2) is 7.71. The molecular weight excluding hydrogens is 230 g/mol. The van der Waals surface area contributed by atoms with Gasteiger partial charge in [-0.25, -0.2) is 0 Å². The lowest BCUT2D eigenvalue weighted by Gasteiger charge is -2.10. The van der Waals surface area contributed by atoms with Gasteiger partial charge in [0, 0.05) is 19.6 Å². The molecule has 0 aliphatic rings. The first-order valence-corrected chi connectivity index (χ1v) is 6.16. The highest BCUT2D eigenvalue weighted by molar-refractivity contribution is 5.76. The number of carbonyl (C=O) groups excluding carboxylic acids is 1. The van der Waals surface area contributed by atoms with E-state index in [1.54, 1.807) is 7.11 Å². The van der Waals surface area contributed by atoms with Gasteiger partial charge in [0.2, 0.25) is 5.91 Å².